The summed E-state index contributed by atoms with van der Waals surface area (Å²) in [6.07, 6.45) is -3.60. The third-order valence-corrected chi connectivity index (χ3v) is 3.07. The Hall–Kier alpha value is -1.02. The highest BCUT2D eigenvalue weighted by Gasteiger charge is 2.29. The summed E-state index contributed by atoms with van der Waals surface area (Å²) < 4.78 is 46.0. The number of morpholine rings is 1. The smallest absolute Gasteiger partial charge is 0.372 e. The highest BCUT2D eigenvalue weighted by molar-refractivity contribution is 5.74. The molecule has 0 aromatic carbocycles. The summed E-state index contributed by atoms with van der Waals surface area (Å²) in [7, 11) is 0. The van der Waals surface area contributed by atoms with E-state index < -0.39 is 18.8 Å². The lowest BCUT2D eigenvalue weighted by Crippen LogP contribution is -2.54. The SMILES string of the molecule is CCC1CN(C(=O)NC(C)COCC(F)(F)F)CC(C)O1. The molecular weight excluding hydrogens is 289 g/mol. The number of hydrogen-bond donors (Lipinski definition) is 1. The van der Waals surface area contributed by atoms with E-state index in [2.05, 4.69) is 10.1 Å². The molecule has 0 spiro atoms. The number of amides is 2. The van der Waals surface area contributed by atoms with Crippen molar-refractivity contribution < 1.29 is 27.4 Å². The van der Waals surface area contributed by atoms with Crippen molar-refractivity contribution in [2.75, 3.05) is 26.3 Å². The molecule has 1 fully saturated rings. The van der Waals surface area contributed by atoms with Crippen LogP contribution in [0, 0.1) is 0 Å². The van der Waals surface area contributed by atoms with Crippen molar-refractivity contribution in [3.63, 3.8) is 0 Å². The quantitative estimate of drug-likeness (QED) is 0.846. The zero-order valence-corrected chi connectivity index (χ0v) is 12.6. The molecule has 5 nitrogen and oxygen atoms in total. The molecule has 21 heavy (non-hydrogen) atoms. The molecule has 124 valence electrons. The second-order valence-corrected chi connectivity index (χ2v) is 5.36. The van der Waals surface area contributed by atoms with Crippen molar-refractivity contribution in [3.05, 3.63) is 0 Å². The van der Waals surface area contributed by atoms with Crippen molar-refractivity contribution in [1.82, 2.24) is 10.2 Å². The maximum absolute atomic E-state index is 12.1. The van der Waals surface area contributed by atoms with Crippen LogP contribution in [0.2, 0.25) is 0 Å². The molecule has 0 saturated carbocycles. The zero-order valence-electron chi connectivity index (χ0n) is 12.6. The van der Waals surface area contributed by atoms with Crippen molar-refractivity contribution >= 4 is 6.03 Å². The molecular formula is C13H23F3N2O3. The van der Waals surface area contributed by atoms with Gasteiger partial charge in [0.2, 0.25) is 0 Å². The van der Waals surface area contributed by atoms with E-state index in [4.69, 9.17) is 4.74 Å². The summed E-state index contributed by atoms with van der Waals surface area (Å²) in [5.74, 6) is 0. The third kappa shape index (κ3) is 6.99. The van der Waals surface area contributed by atoms with E-state index in [1.54, 1.807) is 11.8 Å². The molecule has 1 heterocycles. The summed E-state index contributed by atoms with van der Waals surface area (Å²) >= 11 is 0. The van der Waals surface area contributed by atoms with E-state index in [1.165, 1.54) is 0 Å². The van der Waals surface area contributed by atoms with Crippen LogP contribution < -0.4 is 5.32 Å². The van der Waals surface area contributed by atoms with Gasteiger partial charge >= 0.3 is 12.2 Å². The molecule has 1 aliphatic heterocycles. The first-order valence-corrected chi connectivity index (χ1v) is 7.06. The molecule has 0 aliphatic carbocycles. The van der Waals surface area contributed by atoms with Gasteiger partial charge in [0.15, 0.2) is 0 Å². The van der Waals surface area contributed by atoms with Gasteiger partial charge in [-0.1, -0.05) is 6.92 Å². The third-order valence-electron chi connectivity index (χ3n) is 3.07. The zero-order chi connectivity index (χ0) is 16.0. The van der Waals surface area contributed by atoms with Gasteiger partial charge in [-0.25, -0.2) is 4.79 Å². The molecule has 8 heteroatoms. The highest BCUT2D eigenvalue weighted by Crippen LogP contribution is 2.15. The Bertz CT molecular complexity index is 339. The first kappa shape index (κ1) is 18.0. The number of hydrogen-bond acceptors (Lipinski definition) is 3. The standard InChI is InChI=1S/C13H23F3N2O3/c1-4-11-6-18(5-10(3)21-11)12(19)17-9(2)7-20-8-13(14,15)16/h9-11H,4-8H2,1-3H3,(H,17,19). The molecule has 2 amide bonds. The Morgan fingerprint density at radius 1 is 1.48 bits per heavy atom. The van der Waals surface area contributed by atoms with Gasteiger partial charge in [0.05, 0.1) is 24.9 Å². The van der Waals surface area contributed by atoms with Crippen molar-refractivity contribution in [2.24, 2.45) is 0 Å². The van der Waals surface area contributed by atoms with Crippen LogP contribution in [0.15, 0.2) is 0 Å². The van der Waals surface area contributed by atoms with E-state index in [0.717, 1.165) is 6.42 Å². The molecule has 1 N–H and O–H groups in total. The summed E-state index contributed by atoms with van der Waals surface area (Å²) in [5.41, 5.74) is 0. The van der Waals surface area contributed by atoms with Gasteiger partial charge < -0.3 is 19.7 Å². The van der Waals surface area contributed by atoms with E-state index in [9.17, 15) is 18.0 Å². The molecule has 1 rings (SSSR count). The molecule has 0 aromatic rings. The first-order chi connectivity index (χ1) is 9.71. The van der Waals surface area contributed by atoms with E-state index in [0.29, 0.717) is 13.1 Å². The van der Waals surface area contributed by atoms with Crippen molar-refractivity contribution in [2.45, 2.75) is 51.6 Å². The first-order valence-electron chi connectivity index (χ1n) is 7.06. The van der Waals surface area contributed by atoms with Gasteiger partial charge in [-0.2, -0.15) is 13.2 Å². The second kappa shape index (κ2) is 7.84. The number of carbonyl (C=O) groups excluding carboxylic acids is 1. The Kier molecular flexibility index (Phi) is 6.73. The van der Waals surface area contributed by atoms with E-state index in [-0.39, 0.29) is 24.8 Å². The van der Waals surface area contributed by atoms with Crippen LogP contribution in [0.1, 0.15) is 27.2 Å². The highest BCUT2D eigenvalue weighted by atomic mass is 19.4. The molecule has 3 atom stereocenters. The van der Waals surface area contributed by atoms with Gasteiger partial charge in [-0.3, -0.25) is 0 Å². The normalized spacial score (nSPS) is 24.8. The predicted molar refractivity (Wildman–Crippen MR) is 71.1 cm³/mol. The van der Waals surface area contributed by atoms with Crippen LogP contribution in [-0.2, 0) is 9.47 Å². The van der Waals surface area contributed by atoms with Gasteiger partial charge in [-0.05, 0) is 20.3 Å². The maximum Gasteiger partial charge on any atom is 0.411 e. The average Bonchev–Trinajstić information content (AvgIpc) is 2.36. The monoisotopic (exact) mass is 312 g/mol. The Morgan fingerprint density at radius 3 is 2.71 bits per heavy atom. The Balaban J connectivity index is 2.34. The van der Waals surface area contributed by atoms with Gasteiger partial charge in [-0.15, -0.1) is 0 Å². The Labute approximate surface area is 122 Å². The fourth-order valence-electron chi connectivity index (χ4n) is 2.13. The predicted octanol–water partition coefficient (Wildman–Crippen LogP) is 2.16. The number of ether oxygens (including phenoxy) is 2. The number of alkyl halides is 3. The number of rotatable bonds is 5. The van der Waals surface area contributed by atoms with Crippen LogP contribution in [0.5, 0.6) is 0 Å². The fourth-order valence-corrected chi connectivity index (χ4v) is 2.13. The molecule has 3 unspecified atom stereocenters. The molecule has 0 radical (unpaired) electrons. The van der Waals surface area contributed by atoms with Crippen molar-refractivity contribution in [1.29, 1.82) is 0 Å². The molecule has 1 aliphatic rings. The molecule has 0 aromatic heterocycles. The van der Waals surface area contributed by atoms with Crippen molar-refractivity contribution in [3.8, 4) is 0 Å². The lowest BCUT2D eigenvalue weighted by Gasteiger charge is -2.37. The molecule has 1 saturated heterocycles. The summed E-state index contributed by atoms with van der Waals surface area (Å²) in [4.78, 5) is 13.7. The van der Waals surface area contributed by atoms with Crippen LogP contribution >= 0.6 is 0 Å². The van der Waals surface area contributed by atoms with Gasteiger partial charge in [0.25, 0.3) is 0 Å². The second-order valence-electron chi connectivity index (χ2n) is 5.36. The minimum atomic E-state index is -4.35. The van der Waals surface area contributed by atoms with Gasteiger partial charge in [0.1, 0.15) is 6.61 Å². The number of carbonyl (C=O) groups is 1. The summed E-state index contributed by atoms with van der Waals surface area (Å²) in [6, 6.07) is -0.787. The topological polar surface area (TPSA) is 50.8 Å². The number of nitrogens with one attached hydrogen (secondary N) is 1. The number of halogens is 3. The average molecular weight is 312 g/mol. The van der Waals surface area contributed by atoms with Gasteiger partial charge in [0, 0.05) is 13.1 Å². The number of nitrogens with zero attached hydrogens (tertiary/aromatic N) is 1. The maximum atomic E-state index is 12.1. The van der Waals surface area contributed by atoms with Crippen LogP contribution in [-0.4, -0.2) is 61.7 Å². The summed E-state index contributed by atoms with van der Waals surface area (Å²) in [5, 5.41) is 2.64. The largest absolute Gasteiger partial charge is 0.411 e. The lowest BCUT2D eigenvalue weighted by molar-refractivity contribution is -0.174. The van der Waals surface area contributed by atoms with E-state index in [1.807, 2.05) is 13.8 Å². The minimum absolute atomic E-state index is 0.00344. The Morgan fingerprint density at radius 2 is 2.14 bits per heavy atom. The minimum Gasteiger partial charge on any atom is -0.372 e. The fraction of sp³-hybridized carbons (Fsp3) is 0.923. The van der Waals surface area contributed by atoms with E-state index >= 15 is 0 Å². The van der Waals surface area contributed by atoms with Crippen LogP contribution in [0.25, 0.3) is 0 Å². The number of urea groups is 1. The van der Waals surface area contributed by atoms with Crippen LogP contribution in [0.4, 0.5) is 18.0 Å². The lowest BCUT2D eigenvalue weighted by atomic mass is 10.2. The molecule has 0 bridgehead atoms. The summed E-state index contributed by atoms with van der Waals surface area (Å²) in [6.45, 7) is 4.95. The van der Waals surface area contributed by atoms with Crippen LogP contribution in [0.3, 0.4) is 0 Å².